The van der Waals surface area contributed by atoms with Gasteiger partial charge in [-0.1, -0.05) is 0 Å². The van der Waals surface area contributed by atoms with E-state index >= 15 is 0 Å². The number of hydrogen-bond acceptors (Lipinski definition) is 4. The molecule has 6 nitrogen and oxygen atoms in total. The first-order chi connectivity index (χ1) is 13.1. The predicted octanol–water partition coefficient (Wildman–Crippen LogP) is 1.41. The van der Waals surface area contributed by atoms with Gasteiger partial charge in [0.2, 0.25) is 11.8 Å². The van der Waals surface area contributed by atoms with Crippen LogP contribution in [0.1, 0.15) is 51.4 Å². The van der Waals surface area contributed by atoms with Gasteiger partial charge in [-0.15, -0.1) is 0 Å². The third kappa shape index (κ3) is 4.48. The summed E-state index contributed by atoms with van der Waals surface area (Å²) < 4.78 is 0. The van der Waals surface area contributed by atoms with Crippen molar-refractivity contribution in [2.24, 2.45) is 5.92 Å². The van der Waals surface area contributed by atoms with Crippen molar-refractivity contribution in [1.82, 2.24) is 19.6 Å². The molecule has 1 aliphatic carbocycles. The van der Waals surface area contributed by atoms with Crippen LogP contribution in [0.15, 0.2) is 0 Å². The van der Waals surface area contributed by atoms with E-state index < -0.39 is 0 Å². The third-order valence-corrected chi connectivity index (χ3v) is 7.36. The van der Waals surface area contributed by atoms with Gasteiger partial charge in [-0.2, -0.15) is 0 Å². The maximum Gasteiger partial charge on any atom is 0.223 e. The van der Waals surface area contributed by atoms with Crippen molar-refractivity contribution < 1.29 is 9.59 Å². The third-order valence-electron chi connectivity index (χ3n) is 7.36. The minimum absolute atomic E-state index is 0.100. The first-order valence-electron chi connectivity index (χ1n) is 11.0. The fourth-order valence-electron chi connectivity index (χ4n) is 5.15. The van der Waals surface area contributed by atoms with Gasteiger partial charge in [0.05, 0.1) is 0 Å². The summed E-state index contributed by atoms with van der Waals surface area (Å²) in [6.45, 7) is 7.72. The molecule has 1 atom stereocenters. The van der Waals surface area contributed by atoms with Crippen molar-refractivity contribution in [2.75, 3.05) is 59.4 Å². The van der Waals surface area contributed by atoms with Crippen molar-refractivity contribution in [2.45, 2.75) is 56.9 Å². The first kappa shape index (κ1) is 19.2. The Hall–Kier alpha value is -1.14. The number of amides is 2. The van der Waals surface area contributed by atoms with E-state index in [9.17, 15) is 9.59 Å². The highest BCUT2D eigenvalue weighted by Gasteiger charge is 2.42. The summed E-state index contributed by atoms with van der Waals surface area (Å²) in [5.74, 6) is 1.45. The molecule has 0 aromatic rings. The average Bonchev–Trinajstić information content (AvgIpc) is 3.35. The lowest BCUT2D eigenvalue weighted by molar-refractivity contribution is -0.131. The highest BCUT2D eigenvalue weighted by atomic mass is 16.2. The van der Waals surface area contributed by atoms with Crippen LogP contribution in [0.2, 0.25) is 0 Å². The van der Waals surface area contributed by atoms with Gasteiger partial charge in [0.15, 0.2) is 0 Å². The quantitative estimate of drug-likeness (QED) is 0.728. The van der Waals surface area contributed by atoms with Crippen molar-refractivity contribution in [1.29, 1.82) is 0 Å². The molecular formula is C21H36N4O2. The van der Waals surface area contributed by atoms with E-state index in [2.05, 4.69) is 21.7 Å². The topological polar surface area (TPSA) is 47.1 Å². The van der Waals surface area contributed by atoms with Gasteiger partial charge in [0.25, 0.3) is 0 Å². The predicted molar refractivity (Wildman–Crippen MR) is 105 cm³/mol. The molecule has 2 amide bonds. The first-order valence-corrected chi connectivity index (χ1v) is 11.0. The molecule has 1 unspecified atom stereocenters. The fraction of sp³-hybridized carbons (Fsp3) is 0.905. The number of carbonyl (C=O) groups excluding carboxylic acids is 2. The second kappa shape index (κ2) is 8.08. The van der Waals surface area contributed by atoms with Crippen LogP contribution in [0.25, 0.3) is 0 Å². The SMILES string of the molecule is CN1CCN(CCC(=O)N2CCCC2)CC12CCC(=O)N(CC1CC1)CC2. The van der Waals surface area contributed by atoms with E-state index in [1.54, 1.807) is 0 Å². The van der Waals surface area contributed by atoms with Crippen molar-refractivity contribution in [3.05, 3.63) is 0 Å². The highest BCUT2D eigenvalue weighted by molar-refractivity contribution is 5.77. The summed E-state index contributed by atoms with van der Waals surface area (Å²) in [5, 5.41) is 0. The van der Waals surface area contributed by atoms with Crippen LogP contribution in [-0.2, 0) is 9.59 Å². The lowest BCUT2D eigenvalue weighted by Crippen LogP contribution is -2.61. The zero-order valence-electron chi connectivity index (χ0n) is 17.0. The molecule has 1 saturated carbocycles. The van der Waals surface area contributed by atoms with Crippen LogP contribution in [0.4, 0.5) is 0 Å². The summed E-state index contributed by atoms with van der Waals surface area (Å²) in [5.41, 5.74) is 0.100. The number of piperazine rings is 1. The van der Waals surface area contributed by atoms with E-state index in [-0.39, 0.29) is 5.54 Å². The fourth-order valence-corrected chi connectivity index (χ4v) is 5.15. The molecule has 1 spiro atoms. The molecule has 3 saturated heterocycles. The van der Waals surface area contributed by atoms with E-state index in [0.717, 1.165) is 84.0 Å². The molecule has 0 bridgehead atoms. The van der Waals surface area contributed by atoms with Crippen molar-refractivity contribution in [3.63, 3.8) is 0 Å². The zero-order valence-corrected chi connectivity index (χ0v) is 17.0. The van der Waals surface area contributed by atoms with Crippen LogP contribution in [0.3, 0.4) is 0 Å². The van der Waals surface area contributed by atoms with E-state index in [1.165, 1.54) is 12.8 Å². The number of hydrogen-bond donors (Lipinski definition) is 0. The van der Waals surface area contributed by atoms with Crippen LogP contribution >= 0.6 is 0 Å². The molecular weight excluding hydrogens is 340 g/mol. The van der Waals surface area contributed by atoms with Gasteiger partial charge < -0.3 is 9.80 Å². The normalized spacial score (nSPS) is 30.9. The average molecular weight is 377 g/mol. The van der Waals surface area contributed by atoms with Crippen molar-refractivity contribution >= 4 is 11.8 Å². The Labute approximate surface area is 163 Å². The molecule has 0 radical (unpaired) electrons. The van der Waals surface area contributed by atoms with Gasteiger partial charge in [-0.05, 0) is 51.5 Å². The van der Waals surface area contributed by atoms with Crippen LogP contribution in [0, 0.1) is 5.92 Å². The molecule has 27 heavy (non-hydrogen) atoms. The molecule has 0 aromatic carbocycles. The zero-order chi connectivity index (χ0) is 18.9. The number of likely N-dealkylation sites (tertiary alicyclic amines) is 2. The van der Waals surface area contributed by atoms with Gasteiger partial charge >= 0.3 is 0 Å². The Morgan fingerprint density at radius 3 is 2.59 bits per heavy atom. The highest BCUT2D eigenvalue weighted by Crippen LogP contribution is 2.35. The molecule has 3 heterocycles. The molecule has 3 aliphatic heterocycles. The van der Waals surface area contributed by atoms with E-state index in [4.69, 9.17) is 0 Å². The van der Waals surface area contributed by atoms with Gasteiger partial charge in [0, 0.05) is 70.7 Å². The Bertz CT molecular complexity index is 558. The molecule has 4 fully saturated rings. The minimum Gasteiger partial charge on any atom is -0.343 e. The summed E-state index contributed by atoms with van der Waals surface area (Å²) in [7, 11) is 2.23. The lowest BCUT2D eigenvalue weighted by Gasteiger charge is -2.49. The molecule has 152 valence electrons. The van der Waals surface area contributed by atoms with Crippen LogP contribution in [0.5, 0.6) is 0 Å². The minimum atomic E-state index is 0.100. The Morgan fingerprint density at radius 2 is 1.85 bits per heavy atom. The monoisotopic (exact) mass is 376 g/mol. The van der Waals surface area contributed by atoms with Gasteiger partial charge in [0.1, 0.15) is 0 Å². The van der Waals surface area contributed by atoms with Gasteiger partial charge in [-0.3, -0.25) is 19.4 Å². The molecule has 6 heteroatoms. The summed E-state index contributed by atoms with van der Waals surface area (Å²) in [6.07, 6.45) is 8.27. The molecule has 4 rings (SSSR count). The Kier molecular flexibility index (Phi) is 5.74. The molecule has 0 N–H and O–H groups in total. The van der Waals surface area contributed by atoms with Crippen LogP contribution in [-0.4, -0.2) is 96.4 Å². The number of nitrogens with zero attached hydrogens (tertiary/aromatic N) is 4. The number of likely N-dealkylation sites (N-methyl/N-ethyl adjacent to an activating group) is 1. The second-order valence-electron chi connectivity index (χ2n) is 9.29. The summed E-state index contributed by atoms with van der Waals surface area (Å²) >= 11 is 0. The maximum absolute atomic E-state index is 12.6. The standard InChI is InChI=1S/C21H36N4O2/c1-22-14-15-23(12-7-20(27)24-10-2-3-11-24)17-21(22)8-6-19(26)25(13-9-21)16-18-4-5-18/h18H,2-17H2,1H3. The molecule has 4 aliphatic rings. The Morgan fingerprint density at radius 1 is 1.07 bits per heavy atom. The summed E-state index contributed by atoms with van der Waals surface area (Å²) in [4.78, 5) is 34.2. The number of rotatable bonds is 5. The van der Waals surface area contributed by atoms with E-state index in [0.29, 0.717) is 24.7 Å². The maximum atomic E-state index is 12.6. The smallest absolute Gasteiger partial charge is 0.223 e. The Balaban J connectivity index is 1.33. The molecule has 0 aromatic heterocycles. The van der Waals surface area contributed by atoms with Crippen LogP contribution < -0.4 is 0 Å². The summed E-state index contributed by atoms with van der Waals surface area (Å²) in [6, 6.07) is 0. The number of carbonyl (C=O) groups is 2. The van der Waals surface area contributed by atoms with Gasteiger partial charge in [-0.25, -0.2) is 0 Å². The lowest BCUT2D eigenvalue weighted by atomic mass is 9.86. The second-order valence-corrected chi connectivity index (χ2v) is 9.29. The largest absolute Gasteiger partial charge is 0.343 e. The van der Waals surface area contributed by atoms with E-state index in [1.807, 2.05) is 4.90 Å². The van der Waals surface area contributed by atoms with Crippen molar-refractivity contribution in [3.8, 4) is 0 Å².